The highest BCUT2D eigenvalue weighted by molar-refractivity contribution is 5.89. The number of carbonyl (C=O) groups excluding carboxylic acids is 1. The molecule has 0 aromatic heterocycles. The van der Waals surface area contributed by atoms with Crippen LogP contribution in [-0.2, 0) is 0 Å². The third-order valence-electron chi connectivity index (χ3n) is 2.50. The summed E-state index contributed by atoms with van der Waals surface area (Å²) >= 11 is 0. The molecule has 1 rings (SSSR count). The minimum absolute atomic E-state index is 0.140. The summed E-state index contributed by atoms with van der Waals surface area (Å²) in [7, 11) is 1.86. The number of urea groups is 1. The van der Waals surface area contributed by atoms with Crippen molar-refractivity contribution in [2.24, 2.45) is 0 Å². The van der Waals surface area contributed by atoms with Gasteiger partial charge in [0.2, 0.25) is 0 Å². The van der Waals surface area contributed by atoms with Crippen LogP contribution in [0.15, 0.2) is 24.3 Å². The molecule has 0 heterocycles. The zero-order valence-corrected chi connectivity index (χ0v) is 10.5. The molecule has 0 atom stereocenters. The highest BCUT2D eigenvalue weighted by Crippen LogP contribution is 2.12. The van der Waals surface area contributed by atoms with Gasteiger partial charge in [-0.05, 0) is 30.7 Å². The third-order valence-corrected chi connectivity index (χ3v) is 2.50. The molecule has 0 aliphatic rings. The van der Waals surface area contributed by atoms with Crippen molar-refractivity contribution in [3.63, 3.8) is 0 Å². The fourth-order valence-electron chi connectivity index (χ4n) is 1.47. The van der Waals surface area contributed by atoms with E-state index in [1.165, 1.54) is 0 Å². The second-order valence-corrected chi connectivity index (χ2v) is 3.92. The molecule has 2 amide bonds. The largest absolute Gasteiger partial charge is 0.388 e. The molecule has 17 heavy (non-hydrogen) atoms. The molecule has 0 radical (unpaired) electrons. The summed E-state index contributed by atoms with van der Waals surface area (Å²) in [5.41, 5.74) is 1.83. The monoisotopic (exact) mass is 235 g/mol. The Morgan fingerprint density at radius 2 is 1.76 bits per heavy atom. The van der Waals surface area contributed by atoms with Crippen LogP contribution in [0.5, 0.6) is 0 Å². The van der Waals surface area contributed by atoms with E-state index in [4.69, 9.17) is 0 Å². The number of nitrogens with one attached hydrogen (secondary N) is 3. The molecule has 1 aromatic rings. The average Bonchev–Trinajstić information content (AvgIpc) is 2.36. The quantitative estimate of drug-likeness (QED) is 0.664. The summed E-state index contributed by atoms with van der Waals surface area (Å²) in [5.74, 6) is 0. The fourth-order valence-corrected chi connectivity index (χ4v) is 1.47. The number of unbranched alkanes of at least 4 members (excludes halogenated alkanes) is 2. The van der Waals surface area contributed by atoms with Gasteiger partial charge in [0.15, 0.2) is 0 Å². The molecule has 0 saturated carbocycles. The second-order valence-electron chi connectivity index (χ2n) is 3.92. The number of hydrogen-bond donors (Lipinski definition) is 3. The molecule has 0 bridgehead atoms. The van der Waals surface area contributed by atoms with Gasteiger partial charge < -0.3 is 16.0 Å². The Labute approximate surface area is 103 Å². The summed E-state index contributed by atoms with van der Waals surface area (Å²) in [6.45, 7) is 2.87. The lowest BCUT2D eigenvalue weighted by atomic mass is 10.2. The number of anilines is 2. The van der Waals surface area contributed by atoms with Gasteiger partial charge >= 0.3 is 6.03 Å². The van der Waals surface area contributed by atoms with Crippen LogP contribution in [0.3, 0.4) is 0 Å². The Morgan fingerprint density at radius 1 is 1.12 bits per heavy atom. The lowest BCUT2D eigenvalue weighted by molar-refractivity contribution is 0.252. The van der Waals surface area contributed by atoms with Gasteiger partial charge in [-0.15, -0.1) is 0 Å². The van der Waals surface area contributed by atoms with Gasteiger partial charge in [-0.25, -0.2) is 4.79 Å². The molecule has 3 N–H and O–H groups in total. The van der Waals surface area contributed by atoms with Crippen molar-refractivity contribution >= 4 is 17.4 Å². The van der Waals surface area contributed by atoms with Crippen LogP contribution in [0.25, 0.3) is 0 Å². The van der Waals surface area contributed by atoms with Crippen molar-refractivity contribution in [3.8, 4) is 0 Å². The molecular formula is C13H21N3O. The molecular weight excluding hydrogens is 214 g/mol. The predicted molar refractivity (Wildman–Crippen MR) is 72.5 cm³/mol. The highest BCUT2D eigenvalue weighted by atomic mass is 16.2. The second kappa shape index (κ2) is 7.54. The van der Waals surface area contributed by atoms with Crippen LogP contribution in [0.1, 0.15) is 26.2 Å². The Balaban J connectivity index is 2.29. The minimum Gasteiger partial charge on any atom is -0.388 e. The van der Waals surface area contributed by atoms with E-state index in [9.17, 15) is 4.79 Å². The van der Waals surface area contributed by atoms with Gasteiger partial charge in [-0.1, -0.05) is 19.8 Å². The van der Waals surface area contributed by atoms with Gasteiger partial charge in [0.1, 0.15) is 0 Å². The minimum atomic E-state index is -0.140. The van der Waals surface area contributed by atoms with Crippen LogP contribution in [-0.4, -0.2) is 19.6 Å². The number of benzene rings is 1. The SMILES string of the molecule is CCCCCNC(=O)Nc1ccc(NC)cc1. The maximum atomic E-state index is 11.5. The van der Waals surface area contributed by atoms with Crippen molar-refractivity contribution in [1.29, 1.82) is 0 Å². The maximum absolute atomic E-state index is 11.5. The van der Waals surface area contributed by atoms with Gasteiger partial charge in [0.25, 0.3) is 0 Å². The molecule has 0 aliphatic carbocycles. The van der Waals surface area contributed by atoms with E-state index < -0.39 is 0 Å². The van der Waals surface area contributed by atoms with Crippen LogP contribution >= 0.6 is 0 Å². The Kier molecular flexibility index (Phi) is 5.93. The zero-order valence-electron chi connectivity index (χ0n) is 10.5. The first-order valence-electron chi connectivity index (χ1n) is 6.09. The van der Waals surface area contributed by atoms with E-state index in [-0.39, 0.29) is 6.03 Å². The van der Waals surface area contributed by atoms with Crippen LogP contribution in [0, 0.1) is 0 Å². The summed E-state index contributed by atoms with van der Waals surface area (Å²) < 4.78 is 0. The topological polar surface area (TPSA) is 53.2 Å². The maximum Gasteiger partial charge on any atom is 0.319 e. The van der Waals surface area contributed by atoms with E-state index in [0.29, 0.717) is 0 Å². The predicted octanol–water partition coefficient (Wildman–Crippen LogP) is 3.04. The fraction of sp³-hybridized carbons (Fsp3) is 0.462. The van der Waals surface area contributed by atoms with Crippen molar-refractivity contribution in [1.82, 2.24) is 5.32 Å². The third kappa shape index (κ3) is 5.24. The van der Waals surface area contributed by atoms with Crippen LogP contribution < -0.4 is 16.0 Å². The van der Waals surface area contributed by atoms with Crippen molar-refractivity contribution in [3.05, 3.63) is 24.3 Å². The molecule has 0 saturated heterocycles. The summed E-state index contributed by atoms with van der Waals surface area (Å²) in [6.07, 6.45) is 3.34. The molecule has 0 aliphatic heterocycles. The molecule has 0 spiro atoms. The Hall–Kier alpha value is -1.71. The van der Waals surface area contributed by atoms with Crippen molar-refractivity contribution < 1.29 is 4.79 Å². The Morgan fingerprint density at radius 3 is 2.35 bits per heavy atom. The molecule has 0 fully saturated rings. The lowest BCUT2D eigenvalue weighted by Crippen LogP contribution is -2.29. The average molecular weight is 235 g/mol. The van der Waals surface area contributed by atoms with E-state index in [1.807, 2.05) is 31.3 Å². The van der Waals surface area contributed by atoms with Gasteiger partial charge in [-0.3, -0.25) is 0 Å². The highest BCUT2D eigenvalue weighted by Gasteiger charge is 2.00. The number of carbonyl (C=O) groups is 1. The normalized spacial score (nSPS) is 9.76. The number of hydrogen-bond acceptors (Lipinski definition) is 2. The van der Waals surface area contributed by atoms with Crippen LogP contribution in [0.4, 0.5) is 16.2 Å². The van der Waals surface area contributed by atoms with Gasteiger partial charge in [-0.2, -0.15) is 0 Å². The lowest BCUT2D eigenvalue weighted by Gasteiger charge is -2.08. The van der Waals surface area contributed by atoms with Crippen LogP contribution in [0.2, 0.25) is 0 Å². The van der Waals surface area contributed by atoms with Crippen molar-refractivity contribution in [2.75, 3.05) is 24.2 Å². The number of amides is 2. The first kappa shape index (κ1) is 13.4. The number of rotatable bonds is 6. The first-order valence-corrected chi connectivity index (χ1v) is 6.09. The molecule has 0 unspecified atom stereocenters. The Bertz CT molecular complexity index is 335. The molecule has 4 heteroatoms. The van der Waals surface area contributed by atoms with Gasteiger partial charge in [0, 0.05) is 25.0 Å². The van der Waals surface area contributed by atoms with E-state index >= 15 is 0 Å². The summed E-state index contributed by atoms with van der Waals surface area (Å²) in [4.78, 5) is 11.5. The summed E-state index contributed by atoms with van der Waals surface area (Å²) in [5, 5.41) is 8.65. The zero-order chi connectivity index (χ0) is 12.5. The van der Waals surface area contributed by atoms with Crippen molar-refractivity contribution in [2.45, 2.75) is 26.2 Å². The molecule has 94 valence electrons. The first-order chi connectivity index (χ1) is 8.26. The standard InChI is InChI=1S/C13H21N3O/c1-3-4-5-10-15-13(17)16-12-8-6-11(14-2)7-9-12/h6-9,14H,3-5,10H2,1-2H3,(H2,15,16,17). The van der Waals surface area contributed by atoms with E-state index in [0.717, 1.165) is 37.2 Å². The summed E-state index contributed by atoms with van der Waals surface area (Å²) in [6, 6.07) is 7.45. The molecule has 1 aromatic carbocycles. The van der Waals surface area contributed by atoms with E-state index in [2.05, 4.69) is 22.9 Å². The smallest absolute Gasteiger partial charge is 0.319 e. The van der Waals surface area contributed by atoms with E-state index in [1.54, 1.807) is 0 Å². The van der Waals surface area contributed by atoms with Gasteiger partial charge in [0.05, 0.1) is 0 Å². The molecule has 4 nitrogen and oxygen atoms in total.